The van der Waals surface area contributed by atoms with E-state index in [1.807, 2.05) is 0 Å². The number of hydrogen-bond acceptors (Lipinski definition) is 5. The van der Waals surface area contributed by atoms with E-state index in [4.69, 9.17) is 16.7 Å². The minimum atomic E-state index is -1.09. The van der Waals surface area contributed by atoms with Gasteiger partial charge in [0, 0.05) is 12.7 Å². The fourth-order valence-electron chi connectivity index (χ4n) is 0.984. The summed E-state index contributed by atoms with van der Waals surface area (Å²) in [5.74, 6) is -1.33. The van der Waals surface area contributed by atoms with Crippen molar-refractivity contribution in [3.63, 3.8) is 0 Å². The third-order valence-corrected chi connectivity index (χ3v) is 2.83. The van der Waals surface area contributed by atoms with Crippen LogP contribution in [0.1, 0.15) is 6.92 Å². The first kappa shape index (κ1) is 13.7. The molecule has 0 saturated heterocycles. The van der Waals surface area contributed by atoms with Gasteiger partial charge in [-0.3, -0.25) is 9.78 Å². The number of nitrogens with one attached hydrogen (secondary N) is 1. The molecule has 1 unspecified atom stereocenters. The minimum absolute atomic E-state index is 0.157. The van der Waals surface area contributed by atoms with E-state index in [2.05, 4.69) is 15.3 Å². The average Bonchev–Trinajstić information content (AvgIpc) is 2.23. The van der Waals surface area contributed by atoms with Crippen molar-refractivity contribution >= 4 is 35.2 Å². The van der Waals surface area contributed by atoms with E-state index in [-0.39, 0.29) is 10.9 Å². The molecule has 0 fully saturated rings. The summed E-state index contributed by atoms with van der Waals surface area (Å²) in [5.41, 5.74) is 0. The molecule has 0 aliphatic heterocycles. The Morgan fingerprint density at radius 1 is 1.59 bits per heavy atom. The Morgan fingerprint density at radius 3 is 2.82 bits per heavy atom. The molecule has 0 aromatic carbocycles. The van der Waals surface area contributed by atoms with E-state index < -0.39 is 17.9 Å². The number of nitrogens with zero attached hydrogens (tertiary/aromatic N) is 2. The van der Waals surface area contributed by atoms with Crippen molar-refractivity contribution in [1.82, 2.24) is 15.3 Å². The van der Waals surface area contributed by atoms with Crippen LogP contribution in [0.4, 0.5) is 0 Å². The van der Waals surface area contributed by atoms with Crippen LogP contribution in [-0.4, -0.2) is 38.7 Å². The normalized spacial score (nSPS) is 11.9. The fourth-order valence-corrected chi connectivity index (χ4v) is 2.04. The second-order valence-electron chi connectivity index (χ2n) is 3.08. The summed E-state index contributed by atoms with van der Waals surface area (Å²) in [7, 11) is 0. The third kappa shape index (κ3) is 5.01. The topological polar surface area (TPSA) is 92.2 Å². The van der Waals surface area contributed by atoms with Gasteiger partial charge in [-0.1, -0.05) is 11.6 Å². The molecule has 0 aliphatic rings. The second-order valence-corrected chi connectivity index (χ2v) is 4.51. The number of carbonyl (C=O) groups excluding carboxylic acids is 1. The van der Waals surface area contributed by atoms with Crippen LogP contribution >= 0.6 is 23.4 Å². The summed E-state index contributed by atoms with van der Waals surface area (Å²) in [6, 6.07) is -0.960. The highest BCUT2D eigenvalue weighted by atomic mass is 35.5. The molecule has 1 aromatic rings. The molecule has 8 heteroatoms. The molecule has 92 valence electrons. The zero-order valence-corrected chi connectivity index (χ0v) is 10.5. The molecule has 6 nitrogen and oxygen atoms in total. The lowest BCUT2D eigenvalue weighted by Crippen LogP contribution is -2.41. The van der Waals surface area contributed by atoms with Gasteiger partial charge in [0.1, 0.15) is 16.2 Å². The van der Waals surface area contributed by atoms with Crippen LogP contribution in [-0.2, 0) is 9.59 Å². The van der Waals surface area contributed by atoms with Crippen LogP contribution in [0.3, 0.4) is 0 Å². The van der Waals surface area contributed by atoms with Crippen LogP contribution in [0, 0.1) is 0 Å². The van der Waals surface area contributed by atoms with E-state index in [9.17, 15) is 9.59 Å². The lowest BCUT2D eigenvalue weighted by atomic mass is 10.3. The molecule has 1 aromatic heterocycles. The van der Waals surface area contributed by atoms with Crippen molar-refractivity contribution in [3.8, 4) is 0 Å². The van der Waals surface area contributed by atoms with Gasteiger partial charge >= 0.3 is 5.97 Å². The predicted octanol–water partition coefficient (Wildman–Crippen LogP) is 0.811. The number of hydrogen-bond donors (Lipinski definition) is 2. The smallest absolute Gasteiger partial charge is 0.327 e. The van der Waals surface area contributed by atoms with Crippen LogP contribution < -0.4 is 5.32 Å². The number of amides is 1. The standard InChI is InChI=1S/C9H10ClN3O3S/c1-5(14)12-6(9(15)16)4-17-8-3-11-2-7(10)13-8/h2-3,6H,4H2,1H3,(H,12,14)(H,15,16). The third-order valence-electron chi connectivity index (χ3n) is 1.66. The number of halogens is 1. The second kappa shape index (κ2) is 6.41. The van der Waals surface area contributed by atoms with Crippen molar-refractivity contribution in [2.24, 2.45) is 0 Å². The van der Waals surface area contributed by atoms with E-state index in [0.717, 1.165) is 11.8 Å². The maximum Gasteiger partial charge on any atom is 0.327 e. The highest BCUT2D eigenvalue weighted by Crippen LogP contribution is 2.17. The molecule has 0 bridgehead atoms. The van der Waals surface area contributed by atoms with Gasteiger partial charge in [-0.2, -0.15) is 0 Å². The van der Waals surface area contributed by atoms with E-state index in [1.165, 1.54) is 19.3 Å². The Hall–Kier alpha value is -1.34. The molecule has 0 spiro atoms. The summed E-state index contributed by atoms with van der Waals surface area (Å²) < 4.78 is 0. The Balaban J connectivity index is 2.57. The molecule has 1 atom stereocenters. The molecule has 1 amide bonds. The quantitative estimate of drug-likeness (QED) is 0.773. The Morgan fingerprint density at radius 2 is 2.29 bits per heavy atom. The summed E-state index contributed by atoms with van der Waals surface area (Å²) in [6.45, 7) is 1.26. The van der Waals surface area contributed by atoms with Gasteiger partial charge in [0.25, 0.3) is 0 Å². The number of rotatable bonds is 5. The number of carbonyl (C=O) groups is 2. The summed E-state index contributed by atoms with van der Waals surface area (Å²) in [6.07, 6.45) is 2.86. The first-order valence-electron chi connectivity index (χ1n) is 4.59. The number of carboxylic acids is 1. The van der Waals surface area contributed by atoms with Gasteiger partial charge in [-0.25, -0.2) is 9.78 Å². The number of aromatic nitrogens is 2. The number of aliphatic carboxylic acids is 1. The number of thioether (sulfide) groups is 1. The van der Waals surface area contributed by atoms with Gasteiger partial charge in [0.15, 0.2) is 0 Å². The van der Waals surface area contributed by atoms with Gasteiger partial charge in [-0.05, 0) is 0 Å². The van der Waals surface area contributed by atoms with Crippen LogP contribution in [0.5, 0.6) is 0 Å². The Kier molecular flexibility index (Phi) is 5.17. The van der Waals surface area contributed by atoms with Crippen molar-refractivity contribution in [3.05, 3.63) is 17.5 Å². The van der Waals surface area contributed by atoms with E-state index in [0.29, 0.717) is 5.03 Å². The van der Waals surface area contributed by atoms with Gasteiger partial charge in [0.05, 0.1) is 12.4 Å². The molecular formula is C9H10ClN3O3S. The molecule has 0 saturated carbocycles. The lowest BCUT2D eigenvalue weighted by Gasteiger charge is -2.11. The SMILES string of the molecule is CC(=O)NC(CSc1cncc(Cl)n1)C(=O)O. The van der Waals surface area contributed by atoms with E-state index >= 15 is 0 Å². The monoisotopic (exact) mass is 275 g/mol. The molecule has 1 rings (SSSR count). The maximum atomic E-state index is 10.8. The summed E-state index contributed by atoms with van der Waals surface area (Å²) in [4.78, 5) is 29.4. The lowest BCUT2D eigenvalue weighted by molar-refractivity contribution is -0.140. The van der Waals surface area contributed by atoms with Gasteiger partial charge in [-0.15, -0.1) is 11.8 Å². The maximum absolute atomic E-state index is 10.8. The average molecular weight is 276 g/mol. The van der Waals surface area contributed by atoms with Crippen molar-refractivity contribution < 1.29 is 14.7 Å². The van der Waals surface area contributed by atoms with Crippen LogP contribution in [0.25, 0.3) is 0 Å². The van der Waals surface area contributed by atoms with Crippen LogP contribution in [0.2, 0.25) is 5.15 Å². The largest absolute Gasteiger partial charge is 0.480 e. The molecule has 0 aliphatic carbocycles. The number of carboxylic acid groups (broad SMARTS) is 1. The zero-order valence-electron chi connectivity index (χ0n) is 8.88. The minimum Gasteiger partial charge on any atom is -0.480 e. The zero-order chi connectivity index (χ0) is 12.8. The highest BCUT2D eigenvalue weighted by molar-refractivity contribution is 7.99. The summed E-state index contributed by atoms with van der Waals surface area (Å²) >= 11 is 6.79. The van der Waals surface area contributed by atoms with Crippen LogP contribution in [0.15, 0.2) is 17.4 Å². The molecule has 17 heavy (non-hydrogen) atoms. The van der Waals surface area contributed by atoms with Crippen molar-refractivity contribution in [2.75, 3.05) is 5.75 Å². The summed E-state index contributed by atoms with van der Waals surface area (Å²) in [5, 5.41) is 11.9. The first-order chi connectivity index (χ1) is 7.99. The van der Waals surface area contributed by atoms with Crippen molar-refractivity contribution in [1.29, 1.82) is 0 Å². The van der Waals surface area contributed by atoms with Crippen molar-refractivity contribution in [2.45, 2.75) is 18.0 Å². The Labute approximate surface area is 107 Å². The molecule has 0 radical (unpaired) electrons. The highest BCUT2D eigenvalue weighted by Gasteiger charge is 2.18. The molecule has 1 heterocycles. The molecule has 2 N–H and O–H groups in total. The first-order valence-corrected chi connectivity index (χ1v) is 5.95. The van der Waals surface area contributed by atoms with Gasteiger partial charge < -0.3 is 10.4 Å². The Bertz CT molecular complexity index is 430. The van der Waals surface area contributed by atoms with E-state index in [1.54, 1.807) is 0 Å². The molecular weight excluding hydrogens is 266 g/mol. The predicted molar refractivity (Wildman–Crippen MR) is 63.0 cm³/mol. The fraction of sp³-hybridized carbons (Fsp3) is 0.333. The van der Waals surface area contributed by atoms with Gasteiger partial charge in [0.2, 0.25) is 5.91 Å².